The molecule has 1 aliphatic carbocycles. The number of nitrogens with one attached hydrogen (secondary N) is 1. The number of hydrogen-bond donors (Lipinski definition) is 1. The molecule has 1 saturated carbocycles. The van der Waals surface area contributed by atoms with Gasteiger partial charge in [-0.2, -0.15) is 0 Å². The number of amides is 1. The maximum absolute atomic E-state index is 11.3. The molecule has 14 heavy (non-hydrogen) atoms. The lowest BCUT2D eigenvalue weighted by Gasteiger charge is -2.02. The van der Waals surface area contributed by atoms with Crippen LogP contribution in [0, 0.1) is 0 Å². The quantitative estimate of drug-likeness (QED) is 0.595. The molecule has 0 spiro atoms. The second-order valence-electron chi connectivity index (χ2n) is 4.36. The molecule has 0 heterocycles. The molecular weight excluding hydrogens is 174 g/mol. The van der Waals surface area contributed by atoms with E-state index in [2.05, 4.69) is 12.2 Å². The molecule has 0 aromatic carbocycles. The highest BCUT2D eigenvalue weighted by Crippen LogP contribution is 2.18. The van der Waals surface area contributed by atoms with E-state index in [1.54, 1.807) is 0 Å². The van der Waals surface area contributed by atoms with E-state index < -0.39 is 0 Å². The monoisotopic (exact) mass is 197 g/mol. The van der Waals surface area contributed by atoms with Crippen molar-refractivity contribution in [3.05, 3.63) is 0 Å². The fourth-order valence-electron chi connectivity index (χ4n) is 1.59. The molecule has 0 atom stereocenters. The van der Waals surface area contributed by atoms with Crippen LogP contribution in [0.2, 0.25) is 0 Å². The lowest BCUT2D eigenvalue weighted by molar-refractivity contribution is -0.121. The highest BCUT2D eigenvalue weighted by Gasteiger charge is 2.22. The molecule has 0 bridgehead atoms. The summed E-state index contributed by atoms with van der Waals surface area (Å²) in [5.41, 5.74) is 0. The molecule has 1 rings (SSSR count). The van der Waals surface area contributed by atoms with Gasteiger partial charge in [0.2, 0.25) is 5.91 Å². The van der Waals surface area contributed by atoms with Gasteiger partial charge in [0.25, 0.3) is 0 Å². The molecule has 1 amide bonds. The van der Waals surface area contributed by atoms with Gasteiger partial charge >= 0.3 is 0 Å². The van der Waals surface area contributed by atoms with Crippen LogP contribution >= 0.6 is 0 Å². The van der Waals surface area contributed by atoms with Crippen molar-refractivity contribution in [2.45, 2.75) is 70.8 Å². The molecule has 0 aromatic rings. The highest BCUT2D eigenvalue weighted by atomic mass is 16.1. The molecule has 1 fully saturated rings. The minimum atomic E-state index is 0.267. The van der Waals surface area contributed by atoms with Crippen molar-refractivity contribution in [3.63, 3.8) is 0 Å². The molecule has 1 N–H and O–H groups in total. The van der Waals surface area contributed by atoms with Gasteiger partial charge < -0.3 is 5.32 Å². The van der Waals surface area contributed by atoms with Crippen LogP contribution in [-0.2, 0) is 4.79 Å². The number of carbonyl (C=O) groups excluding carboxylic acids is 1. The van der Waals surface area contributed by atoms with Gasteiger partial charge in [-0.05, 0) is 19.3 Å². The standard InChI is InChI=1S/C12H23NO/c1-2-3-4-5-6-7-8-12(14)13-11-9-10-11/h11H,2-10H2,1H3,(H,13,14). The molecular formula is C12H23NO. The second kappa shape index (κ2) is 6.86. The first-order valence-electron chi connectivity index (χ1n) is 6.12. The Bertz CT molecular complexity index is 164. The molecule has 0 aliphatic heterocycles. The van der Waals surface area contributed by atoms with Crippen molar-refractivity contribution in [1.29, 1.82) is 0 Å². The number of rotatable bonds is 8. The van der Waals surface area contributed by atoms with Gasteiger partial charge in [0, 0.05) is 12.5 Å². The summed E-state index contributed by atoms with van der Waals surface area (Å²) in [5.74, 6) is 0.267. The predicted molar refractivity (Wildman–Crippen MR) is 59.2 cm³/mol. The zero-order chi connectivity index (χ0) is 10.2. The van der Waals surface area contributed by atoms with Crippen LogP contribution in [0.25, 0.3) is 0 Å². The third-order valence-corrected chi connectivity index (χ3v) is 2.70. The van der Waals surface area contributed by atoms with E-state index in [4.69, 9.17) is 0 Å². The fraction of sp³-hybridized carbons (Fsp3) is 0.917. The molecule has 82 valence electrons. The van der Waals surface area contributed by atoms with Crippen LogP contribution in [0.15, 0.2) is 0 Å². The van der Waals surface area contributed by atoms with Gasteiger partial charge in [0.1, 0.15) is 0 Å². The summed E-state index contributed by atoms with van der Waals surface area (Å²) in [6.07, 6.45) is 10.7. The average molecular weight is 197 g/mol. The Balaban J connectivity index is 1.80. The zero-order valence-corrected chi connectivity index (χ0v) is 9.35. The van der Waals surface area contributed by atoms with Gasteiger partial charge in [0.15, 0.2) is 0 Å². The van der Waals surface area contributed by atoms with Crippen LogP contribution in [0.5, 0.6) is 0 Å². The minimum Gasteiger partial charge on any atom is -0.353 e. The lowest BCUT2D eigenvalue weighted by Crippen LogP contribution is -2.24. The van der Waals surface area contributed by atoms with Gasteiger partial charge in [-0.3, -0.25) is 4.79 Å². The van der Waals surface area contributed by atoms with Crippen molar-refractivity contribution >= 4 is 5.91 Å². The third-order valence-electron chi connectivity index (χ3n) is 2.70. The normalized spacial score (nSPS) is 15.5. The Labute approximate surface area is 87.5 Å². The van der Waals surface area contributed by atoms with Gasteiger partial charge in [-0.25, -0.2) is 0 Å². The first kappa shape index (κ1) is 11.5. The van der Waals surface area contributed by atoms with Crippen molar-refractivity contribution < 1.29 is 4.79 Å². The Morgan fingerprint density at radius 2 is 1.79 bits per heavy atom. The maximum Gasteiger partial charge on any atom is 0.220 e. The molecule has 0 unspecified atom stereocenters. The molecule has 2 nitrogen and oxygen atoms in total. The van der Waals surface area contributed by atoms with Gasteiger partial charge in [-0.15, -0.1) is 0 Å². The van der Waals surface area contributed by atoms with Crippen molar-refractivity contribution in [2.24, 2.45) is 0 Å². The average Bonchev–Trinajstić information content (AvgIpc) is 2.95. The smallest absolute Gasteiger partial charge is 0.220 e. The number of unbranched alkanes of at least 4 members (excludes halogenated alkanes) is 5. The summed E-state index contributed by atoms with van der Waals surface area (Å²) in [5, 5.41) is 3.02. The second-order valence-corrected chi connectivity index (χ2v) is 4.36. The van der Waals surface area contributed by atoms with E-state index in [1.807, 2.05) is 0 Å². The van der Waals surface area contributed by atoms with E-state index in [-0.39, 0.29) is 5.91 Å². The molecule has 0 aromatic heterocycles. The summed E-state index contributed by atoms with van der Waals surface area (Å²) in [4.78, 5) is 11.3. The van der Waals surface area contributed by atoms with Crippen molar-refractivity contribution in [1.82, 2.24) is 5.32 Å². The first-order valence-corrected chi connectivity index (χ1v) is 6.12. The van der Waals surface area contributed by atoms with Gasteiger partial charge in [-0.1, -0.05) is 39.0 Å². The van der Waals surface area contributed by atoms with E-state index in [1.165, 1.54) is 44.9 Å². The van der Waals surface area contributed by atoms with E-state index in [0.717, 1.165) is 12.8 Å². The molecule has 0 radical (unpaired) electrons. The lowest BCUT2D eigenvalue weighted by atomic mass is 10.1. The topological polar surface area (TPSA) is 29.1 Å². The van der Waals surface area contributed by atoms with Crippen LogP contribution in [0.1, 0.15) is 64.7 Å². The third kappa shape index (κ3) is 6.01. The molecule has 2 heteroatoms. The minimum absolute atomic E-state index is 0.267. The van der Waals surface area contributed by atoms with E-state index >= 15 is 0 Å². The number of carbonyl (C=O) groups is 1. The number of hydrogen-bond acceptors (Lipinski definition) is 1. The highest BCUT2D eigenvalue weighted by molar-refractivity contribution is 5.76. The SMILES string of the molecule is CCCCCCCCC(=O)NC1CC1. The van der Waals surface area contributed by atoms with E-state index in [0.29, 0.717) is 6.04 Å². The Hall–Kier alpha value is -0.530. The summed E-state index contributed by atoms with van der Waals surface area (Å²) in [7, 11) is 0. The summed E-state index contributed by atoms with van der Waals surface area (Å²) in [6.45, 7) is 2.23. The first-order chi connectivity index (χ1) is 6.83. The zero-order valence-electron chi connectivity index (χ0n) is 9.35. The predicted octanol–water partition coefficient (Wildman–Crippen LogP) is 3.02. The van der Waals surface area contributed by atoms with Gasteiger partial charge in [0.05, 0.1) is 0 Å². The molecule has 0 saturated heterocycles. The van der Waals surface area contributed by atoms with Crippen LogP contribution in [0.3, 0.4) is 0 Å². The summed E-state index contributed by atoms with van der Waals surface area (Å²) >= 11 is 0. The largest absolute Gasteiger partial charge is 0.353 e. The maximum atomic E-state index is 11.3. The Morgan fingerprint density at radius 3 is 2.43 bits per heavy atom. The summed E-state index contributed by atoms with van der Waals surface area (Å²) < 4.78 is 0. The fourth-order valence-corrected chi connectivity index (χ4v) is 1.59. The van der Waals surface area contributed by atoms with E-state index in [9.17, 15) is 4.79 Å². The van der Waals surface area contributed by atoms with Crippen LogP contribution in [0.4, 0.5) is 0 Å². The summed E-state index contributed by atoms with van der Waals surface area (Å²) in [6, 6.07) is 0.530. The van der Waals surface area contributed by atoms with Crippen molar-refractivity contribution in [2.75, 3.05) is 0 Å². The van der Waals surface area contributed by atoms with Crippen LogP contribution < -0.4 is 5.32 Å². The Morgan fingerprint density at radius 1 is 1.14 bits per heavy atom. The molecule has 1 aliphatic rings. The Kier molecular flexibility index (Phi) is 5.65. The van der Waals surface area contributed by atoms with Crippen molar-refractivity contribution in [3.8, 4) is 0 Å². The van der Waals surface area contributed by atoms with Crippen LogP contribution in [-0.4, -0.2) is 11.9 Å².